The normalized spacial score (nSPS) is 25.1. The molecule has 3 atom stereocenters. The molecule has 2 unspecified atom stereocenters. The zero-order valence-electron chi connectivity index (χ0n) is 14.2. The van der Waals surface area contributed by atoms with E-state index in [0.29, 0.717) is 12.1 Å². The van der Waals surface area contributed by atoms with Gasteiger partial charge in [0.2, 0.25) is 0 Å². The number of anilines is 1. The Hall–Kier alpha value is -2.36. The van der Waals surface area contributed by atoms with Crippen LogP contribution in [0.25, 0.3) is 11.1 Å². The molecule has 2 fully saturated rings. The molecule has 2 bridgehead atoms. The van der Waals surface area contributed by atoms with Crippen LogP contribution in [0.15, 0.2) is 42.7 Å². The van der Waals surface area contributed by atoms with E-state index in [9.17, 15) is 4.79 Å². The predicted molar refractivity (Wildman–Crippen MR) is 95.9 cm³/mol. The Bertz CT molecular complexity index is 747. The van der Waals surface area contributed by atoms with Crippen molar-refractivity contribution in [2.24, 2.45) is 5.92 Å². The number of nitrogens with one attached hydrogen (secondary N) is 1. The topological polar surface area (TPSA) is 45.2 Å². The number of urea groups is 1. The molecular weight excluding hydrogens is 298 g/mol. The number of hydrogen-bond donors (Lipinski definition) is 1. The van der Waals surface area contributed by atoms with Gasteiger partial charge in [0.15, 0.2) is 0 Å². The number of pyridine rings is 1. The molecule has 2 amide bonds. The predicted octanol–water partition coefficient (Wildman–Crippen LogP) is 4.46. The van der Waals surface area contributed by atoms with Crippen LogP contribution in [0.2, 0.25) is 0 Å². The standard InChI is InChI=1S/C20H23N3O/c1-13-8-17-11-18(9-13)23(17)20(24)22-16-6-5-14(2)19(10-16)15-4-3-7-21-12-15/h3-7,10,12-13,17-18H,8-9,11H2,1-2H3,(H,22,24)/t13?,17-,18?/m0/s1. The molecule has 2 aliphatic rings. The summed E-state index contributed by atoms with van der Waals surface area (Å²) in [7, 11) is 0. The summed E-state index contributed by atoms with van der Waals surface area (Å²) in [6.07, 6.45) is 7.08. The fourth-order valence-electron chi connectivity index (χ4n) is 4.20. The van der Waals surface area contributed by atoms with Crippen LogP contribution < -0.4 is 5.32 Å². The van der Waals surface area contributed by atoms with E-state index in [2.05, 4.69) is 30.2 Å². The number of piperidine rings is 1. The zero-order valence-corrected chi connectivity index (χ0v) is 14.2. The van der Waals surface area contributed by atoms with Crippen molar-refractivity contribution in [3.8, 4) is 11.1 Å². The average molecular weight is 321 g/mol. The number of aryl methyl sites for hydroxylation is 1. The van der Waals surface area contributed by atoms with Crippen molar-refractivity contribution in [1.29, 1.82) is 0 Å². The van der Waals surface area contributed by atoms with Gasteiger partial charge in [-0.05, 0) is 61.4 Å². The summed E-state index contributed by atoms with van der Waals surface area (Å²) >= 11 is 0. The molecule has 4 rings (SSSR count). The third-order valence-electron chi connectivity index (χ3n) is 5.38. The maximum Gasteiger partial charge on any atom is 0.322 e. The van der Waals surface area contributed by atoms with Gasteiger partial charge in [0.05, 0.1) is 0 Å². The summed E-state index contributed by atoms with van der Waals surface area (Å²) in [6.45, 7) is 4.36. The number of fused-ring (bicyclic) bond motifs is 2. The Morgan fingerprint density at radius 3 is 2.71 bits per heavy atom. The van der Waals surface area contributed by atoms with Gasteiger partial charge in [-0.15, -0.1) is 0 Å². The highest BCUT2D eigenvalue weighted by atomic mass is 16.2. The number of aromatic nitrogens is 1. The lowest BCUT2D eigenvalue weighted by atomic mass is 9.74. The second-order valence-electron chi connectivity index (χ2n) is 7.23. The Kier molecular flexibility index (Phi) is 3.75. The van der Waals surface area contributed by atoms with Crippen molar-refractivity contribution in [2.75, 3.05) is 5.32 Å². The number of carbonyl (C=O) groups excluding carboxylic acids is 1. The average Bonchev–Trinajstić information content (AvgIpc) is 2.57. The van der Waals surface area contributed by atoms with Crippen molar-refractivity contribution >= 4 is 11.7 Å². The van der Waals surface area contributed by atoms with Crippen LogP contribution >= 0.6 is 0 Å². The minimum absolute atomic E-state index is 0.0455. The van der Waals surface area contributed by atoms with E-state index in [0.717, 1.165) is 35.6 Å². The molecule has 0 saturated carbocycles. The lowest BCUT2D eigenvalue weighted by Gasteiger charge is -2.54. The van der Waals surface area contributed by atoms with Gasteiger partial charge in [-0.1, -0.05) is 19.1 Å². The highest BCUT2D eigenvalue weighted by Crippen LogP contribution is 2.41. The first kappa shape index (κ1) is 15.2. The molecule has 0 radical (unpaired) electrons. The van der Waals surface area contributed by atoms with Crippen LogP contribution in [-0.4, -0.2) is 28.0 Å². The van der Waals surface area contributed by atoms with Crippen LogP contribution in [0, 0.1) is 12.8 Å². The van der Waals surface area contributed by atoms with E-state index >= 15 is 0 Å². The molecule has 2 aromatic rings. The number of carbonyl (C=O) groups is 1. The largest absolute Gasteiger partial charge is 0.322 e. The van der Waals surface area contributed by atoms with Crippen LogP contribution in [0.4, 0.5) is 10.5 Å². The lowest BCUT2D eigenvalue weighted by molar-refractivity contribution is -0.00600. The maximum absolute atomic E-state index is 12.7. The molecule has 2 aliphatic heterocycles. The first-order chi connectivity index (χ1) is 11.6. The van der Waals surface area contributed by atoms with Crippen molar-refractivity contribution in [3.05, 3.63) is 48.3 Å². The summed E-state index contributed by atoms with van der Waals surface area (Å²) in [6, 6.07) is 11.0. The number of nitrogens with zero attached hydrogens (tertiary/aromatic N) is 2. The molecule has 1 aromatic carbocycles. The van der Waals surface area contributed by atoms with Crippen LogP contribution in [0.3, 0.4) is 0 Å². The van der Waals surface area contributed by atoms with Crippen molar-refractivity contribution in [1.82, 2.24) is 9.88 Å². The summed E-state index contributed by atoms with van der Waals surface area (Å²) in [5.74, 6) is 0.745. The number of hydrogen-bond acceptors (Lipinski definition) is 2. The Morgan fingerprint density at radius 1 is 1.21 bits per heavy atom. The van der Waals surface area contributed by atoms with Gasteiger partial charge in [-0.25, -0.2) is 4.79 Å². The monoisotopic (exact) mass is 321 g/mol. The SMILES string of the molecule is Cc1ccc(NC(=O)N2C3CC(C)C[C@H]2C3)cc1-c1cccnc1. The molecule has 4 heteroatoms. The fraction of sp³-hybridized carbons (Fsp3) is 0.400. The van der Waals surface area contributed by atoms with Crippen LogP contribution in [0.1, 0.15) is 31.7 Å². The highest BCUT2D eigenvalue weighted by Gasteiger charge is 2.46. The van der Waals surface area contributed by atoms with E-state index in [-0.39, 0.29) is 6.03 Å². The van der Waals surface area contributed by atoms with Crippen LogP contribution in [-0.2, 0) is 0 Å². The van der Waals surface area contributed by atoms with E-state index < -0.39 is 0 Å². The lowest BCUT2D eigenvalue weighted by Crippen LogP contribution is -2.63. The van der Waals surface area contributed by atoms with E-state index in [1.807, 2.05) is 35.4 Å². The van der Waals surface area contributed by atoms with Gasteiger partial charge in [0.1, 0.15) is 0 Å². The van der Waals surface area contributed by atoms with Gasteiger partial charge in [0, 0.05) is 35.7 Å². The molecule has 2 saturated heterocycles. The molecule has 3 heterocycles. The highest BCUT2D eigenvalue weighted by molar-refractivity contribution is 5.91. The van der Waals surface area contributed by atoms with E-state index in [1.165, 1.54) is 12.0 Å². The van der Waals surface area contributed by atoms with Crippen molar-refractivity contribution < 1.29 is 4.79 Å². The van der Waals surface area contributed by atoms with Gasteiger partial charge >= 0.3 is 6.03 Å². The molecule has 24 heavy (non-hydrogen) atoms. The summed E-state index contributed by atoms with van der Waals surface area (Å²) in [4.78, 5) is 18.9. The first-order valence-electron chi connectivity index (χ1n) is 8.72. The minimum atomic E-state index is 0.0455. The maximum atomic E-state index is 12.7. The summed E-state index contributed by atoms with van der Waals surface area (Å²) in [5, 5.41) is 3.09. The van der Waals surface area contributed by atoms with Gasteiger partial charge < -0.3 is 10.2 Å². The molecular formula is C20H23N3O. The van der Waals surface area contributed by atoms with Gasteiger partial charge in [-0.2, -0.15) is 0 Å². The molecule has 1 aromatic heterocycles. The molecule has 124 valence electrons. The van der Waals surface area contributed by atoms with E-state index in [1.54, 1.807) is 6.20 Å². The van der Waals surface area contributed by atoms with Gasteiger partial charge in [-0.3, -0.25) is 4.98 Å². The number of benzene rings is 1. The summed E-state index contributed by atoms with van der Waals surface area (Å²) < 4.78 is 0. The van der Waals surface area contributed by atoms with Crippen LogP contribution in [0.5, 0.6) is 0 Å². The third-order valence-corrected chi connectivity index (χ3v) is 5.38. The molecule has 0 aliphatic carbocycles. The number of rotatable bonds is 2. The Balaban J connectivity index is 1.52. The first-order valence-corrected chi connectivity index (χ1v) is 8.72. The minimum Gasteiger partial charge on any atom is -0.318 e. The van der Waals surface area contributed by atoms with E-state index in [4.69, 9.17) is 0 Å². The fourth-order valence-corrected chi connectivity index (χ4v) is 4.20. The third kappa shape index (κ3) is 2.66. The Morgan fingerprint density at radius 2 is 2.00 bits per heavy atom. The molecule has 1 N–H and O–H groups in total. The second kappa shape index (κ2) is 5.93. The molecule has 4 nitrogen and oxygen atoms in total. The second-order valence-corrected chi connectivity index (χ2v) is 7.23. The van der Waals surface area contributed by atoms with Crippen molar-refractivity contribution in [2.45, 2.75) is 45.2 Å². The van der Waals surface area contributed by atoms with Gasteiger partial charge in [0.25, 0.3) is 0 Å². The number of amides is 2. The Labute approximate surface area is 142 Å². The quantitative estimate of drug-likeness (QED) is 0.887. The van der Waals surface area contributed by atoms with Crippen molar-refractivity contribution in [3.63, 3.8) is 0 Å². The summed E-state index contributed by atoms with van der Waals surface area (Å²) in [5.41, 5.74) is 4.21. The molecule has 0 spiro atoms. The zero-order chi connectivity index (χ0) is 16.7. The smallest absolute Gasteiger partial charge is 0.318 e.